The summed E-state index contributed by atoms with van der Waals surface area (Å²) in [6, 6.07) is 3.82. The second kappa shape index (κ2) is 8.37. The van der Waals surface area contributed by atoms with Crippen LogP contribution in [0.4, 0.5) is 0 Å². The van der Waals surface area contributed by atoms with Crippen molar-refractivity contribution in [3.8, 4) is 0 Å². The molecule has 3 rings (SSSR count). The van der Waals surface area contributed by atoms with Crippen molar-refractivity contribution in [1.82, 2.24) is 5.32 Å². The Morgan fingerprint density at radius 2 is 1.90 bits per heavy atom. The van der Waals surface area contributed by atoms with Gasteiger partial charge in [-0.05, 0) is 45.2 Å². The van der Waals surface area contributed by atoms with Gasteiger partial charge in [-0.2, -0.15) is 0 Å². The van der Waals surface area contributed by atoms with E-state index in [9.17, 15) is 9.59 Å². The molecule has 7 heteroatoms. The highest BCUT2D eigenvalue weighted by atomic mass is 32.1. The van der Waals surface area contributed by atoms with Crippen molar-refractivity contribution in [3.63, 3.8) is 0 Å². The molecule has 154 valence electrons. The second-order valence-corrected chi connectivity index (χ2v) is 8.45. The minimum Gasteiger partial charge on any atom is -0.466 e. The number of hydrogen-bond acceptors (Lipinski definition) is 7. The maximum absolute atomic E-state index is 13.1. The highest BCUT2D eigenvalue weighted by molar-refractivity contribution is 7.10. The first-order valence-corrected chi connectivity index (χ1v) is 10.4. The van der Waals surface area contributed by atoms with Gasteiger partial charge in [-0.15, -0.1) is 11.3 Å². The quantitative estimate of drug-likeness (QED) is 0.715. The molecular formula is C22H26N2O4S. The van der Waals surface area contributed by atoms with E-state index < -0.39 is 17.9 Å². The zero-order chi connectivity index (χ0) is 21.2. The van der Waals surface area contributed by atoms with Crippen LogP contribution in [0.5, 0.6) is 0 Å². The SMILES string of the molecule is COC(=O)C1=C(C)NC(C)=C(C(=O)OCCC2(C)C=CC(C)=N2)C1c1cccs1. The Balaban J connectivity index is 1.83. The number of hydrogen-bond donors (Lipinski definition) is 1. The zero-order valence-corrected chi connectivity index (χ0v) is 18.2. The van der Waals surface area contributed by atoms with Crippen molar-refractivity contribution in [2.24, 2.45) is 4.99 Å². The Morgan fingerprint density at radius 1 is 1.21 bits per heavy atom. The lowest BCUT2D eigenvalue weighted by Gasteiger charge is -2.29. The fraction of sp³-hybridized carbons (Fsp3) is 0.409. The van der Waals surface area contributed by atoms with Gasteiger partial charge in [-0.25, -0.2) is 9.59 Å². The van der Waals surface area contributed by atoms with Crippen LogP contribution in [0.2, 0.25) is 0 Å². The van der Waals surface area contributed by atoms with Gasteiger partial charge in [0.2, 0.25) is 0 Å². The number of aliphatic imine (C=N–C) groups is 1. The van der Waals surface area contributed by atoms with Gasteiger partial charge in [-0.1, -0.05) is 12.1 Å². The van der Waals surface area contributed by atoms with E-state index in [0.29, 0.717) is 29.0 Å². The molecule has 0 spiro atoms. The molecule has 6 nitrogen and oxygen atoms in total. The summed E-state index contributed by atoms with van der Waals surface area (Å²) in [5.74, 6) is -1.41. The van der Waals surface area contributed by atoms with Crippen LogP contribution >= 0.6 is 11.3 Å². The predicted molar refractivity (Wildman–Crippen MR) is 114 cm³/mol. The van der Waals surface area contributed by atoms with Crippen LogP contribution in [0.1, 0.15) is 44.9 Å². The van der Waals surface area contributed by atoms with Gasteiger partial charge in [0.15, 0.2) is 0 Å². The average Bonchev–Trinajstić information content (AvgIpc) is 3.30. The third kappa shape index (κ3) is 4.34. The summed E-state index contributed by atoms with van der Waals surface area (Å²) in [6.07, 6.45) is 4.59. The fourth-order valence-electron chi connectivity index (χ4n) is 3.73. The Labute approximate surface area is 175 Å². The molecular weight excluding hydrogens is 388 g/mol. The van der Waals surface area contributed by atoms with Crippen molar-refractivity contribution in [2.75, 3.05) is 13.7 Å². The monoisotopic (exact) mass is 414 g/mol. The number of rotatable bonds is 6. The zero-order valence-electron chi connectivity index (χ0n) is 17.4. The number of carbonyl (C=O) groups excluding carboxylic acids is 2. The molecule has 1 aromatic heterocycles. The first-order valence-electron chi connectivity index (χ1n) is 9.49. The molecule has 2 aliphatic rings. The summed E-state index contributed by atoms with van der Waals surface area (Å²) in [5, 5.41) is 5.07. The first-order chi connectivity index (χ1) is 13.8. The maximum atomic E-state index is 13.1. The number of allylic oxidation sites excluding steroid dienone is 3. The standard InChI is InChI=1S/C22H26N2O4S/c1-13-8-9-22(4,24-13)10-11-28-21(26)18-15(3)23-14(2)17(20(25)27-5)19(18)16-7-6-12-29-16/h6-9,12,19,23H,10-11H2,1-5H3. The molecule has 0 bridgehead atoms. The molecule has 29 heavy (non-hydrogen) atoms. The molecule has 1 N–H and O–H groups in total. The Hall–Kier alpha value is -2.67. The van der Waals surface area contributed by atoms with Gasteiger partial charge in [0.05, 0.1) is 36.3 Å². The fourth-order valence-corrected chi connectivity index (χ4v) is 4.57. The smallest absolute Gasteiger partial charge is 0.336 e. The van der Waals surface area contributed by atoms with Crippen molar-refractivity contribution in [1.29, 1.82) is 0 Å². The Bertz CT molecular complexity index is 940. The molecule has 0 fully saturated rings. The van der Waals surface area contributed by atoms with Crippen LogP contribution in [-0.2, 0) is 19.1 Å². The van der Waals surface area contributed by atoms with Gasteiger partial charge >= 0.3 is 11.9 Å². The third-order valence-electron chi connectivity index (χ3n) is 5.17. The second-order valence-electron chi connectivity index (χ2n) is 7.47. The minimum atomic E-state index is -0.515. The summed E-state index contributed by atoms with van der Waals surface area (Å²) in [4.78, 5) is 31.1. The molecule has 0 radical (unpaired) electrons. The number of nitrogens with zero attached hydrogens (tertiary/aromatic N) is 1. The summed E-state index contributed by atoms with van der Waals surface area (Å²) < 4.78 is 10.6. The Morgan fingerprint density at radius 3 is 2.45 bits per heavy atom. The van der Waals surface area contributed by atoms with E-state index in [1.165, 1.54) is 18.4 Å². The van der Waals surface area contributed by atoms with E-state index in [1.54, 1.807) is 0 Å². The van der Waals surface area contributed by atoms with E-state index in [2.05, 4.69) is 10.3 Å². The van der Waals surface area contributed by atoms with Crippen molar-refractivity contribution in [3.05, 3.63) is 57.1 Å². The molecule has 0 aromatic carbocycles. The average molecular weight is 415 g/mol. The first kappa shape index (κ1) is 21.0. The third-order valence-corrected chi connectivity index (χ3v) is 6.11. The topological polar surface area (TPSA) is 77.0 Å². The number of esters is 2. The molecule has 2 unspecified atom stereocenters. The lowest BCUT2D eigenvalue weighted by Crippen LogP contribution is -2.32. The lowest BCUT2D eigenvalue weighted by molar-refractivity contribution is -0.139. The molecule has 0 amide bonds. The molecule has 2 atom stereocenters. The van der Waals surface area contributed by atoms with Crippen LogP contribution in [0, 0.1) is 0 Å². The summed E-state index contributed by atoms with van der Waals surface area (Å²) in [7, 11) is 1.34. The van der Waals surface area contributed by atoms with E-state index >= 15 is 0 Å². The van der Waals surface area contributed by atoms with Gasteiger partial charge < -0.3 is 14.8 Å². The van der Waals surface area contributed by atoms with Gasteiger partial charge in [-0.3, -0.25) is 4.99 Å². The number of thiophene rings is 1. The van der Waals surface area contributed by atoms with E-state index in [-0.39, 0.29) is 12.1 Å². The molecule has 1 aromatic rings. The number of ether oxygens (including phenoxy) is 2. The number of nitrogens with one attached hydrogen (secondary N) is 1. The number of dihydropyridines is 1. The summed E-state index contributed by atoms with van der Waals surface area (Å²) >= 11 is 1.49. The Kier molecular flexibility index (Phi) is 6.07. The summed E-state index contributed by atoms with van der Waals surface area (Å²) in [6.45, 7) is 7.83. The van der Waals surface area contributed by atoms with E-state index in [1.807, 2.05) is 57.4 Å². The van der Waals surface area contributed by atoms with E-state index in [4.69, 9.17) is 9.47 Å². The van der Waals surface area contributed by atoms with Crippen LogP contribution in [0.25, 0.3) is 0 Å². The van der Waals surface area contributed by atoms with Crippen LogP contribution in [0.3, 0.4) is 0 Å². The van der Waals surface area contributed by atoms with E-state index in [0.717, 1.165) is 10.6 Å². The predicted octanol–water partition coefficient (Wildman–Crippen LogP) is 3.88. The normalized spacial score (nSPS) is 23.8. The van der Waals surface area contributed by atoms with Gasteiger partial charge in [0.1, 0.15) is 0 Å². The minimum absolute atomic E-state index is 0.237. The van der Waals surface area contributed by atoms with Crippen LogP contribution in [-0.4, -0.2) is 36.9 Å². The highest BCUT2D eigenvalue weighted by Crippen LogP contribution is 2.41. The van der Waals surface area contributed by atoms with Gasteiger partial charge in [0.25, 0.3) is 0 Å². The molecule has 0 saturated carbocycles. The molecule has 0 saturated heterocycles. The van der Waals surface area contributed by atoms with Gasteiger partial charge in [0, 0.05) is 28.4 Å². The largest absolute Gasteiger partial charge is 0.466 e. The lowest BCUT2D eigenvalue weighted by atomic mass is 9.84. The van der Waals surface area contributed by atoms with Crippen LogP contribution < -0.4 is 5.32 Å². The number of methoxy groups -OCH3 is 1. The molecule has 3 heterocycles. The summed E-state index contributed by atoms with van der Waals surface area (Å²) in [5.41, 5.74) is 2.84. The molecule has 2 aliphatic heterocycles. The maximum Gasteiger partial charge on any atom is 0.336 e. The highest BCUT2D eigenvalue weighted by Gasteiger charge is 2.38. The molecule has 0 aliphatic carbocycles. The van der Waals surface area contributed by atoms with Crippen LogP contribution in [0.15, 0.2) is 57.2 Å². The van der Waals surface area contributed by atoms with Crippen molar-refractivity contribution in [2.45, 2.75) is 45.6 Å². The number of carbonyl (C=O) groups is 2. The van der Waals surface area contributed by atoms with Crippen molar-refractivity contribution < 1.29 is 19.1 Å². The van der Waals surface area contributed by atoms with Crippen molar-refractivity contribution >= 4 is 29.0 Å².